The van der Waals surface area contributed by atoms with Crippen LogP contribution in [0.4, 0.5) is 0 Å². The van der Waals surface area contributed by atoms with Crippen molar-refractivity contribution in [2.24, 2.45) is 0 Å². The summed E-state index contributed by atoms with van der Waals surface area (Å²) in [6, 6.07) is 25.3. The van der Waals surface area contributed by atoms with Crippen LogP contribution >= 0.6 is 0 Å². The van der Waals surface area contributed by atoms with Gasteiger partial charge in [0.2, 0.25) is 0 Å². The van der Waals surface area contributed by atoms with Crippen LogP contribution in [0.15, 0.2) is 72.8 Å². The Balaban J connectivity index is 1.89. The predicted octanol–water partition coefficient (Wildman–Crippen LogP) is 5.80. The first-order valence-corrected chi connectivity index (χ1v) is 8.13. The fraction of sp³-hybridized carbons (Fsp3) is 0.182. The van der Waals surface area contributed by atoms with E-state index in [1.54, 1.807) is 0 Å². The minimum absolute atomic E-state index is 0.610. The van der Waals surface area contributed by atoms with Gasteiger partial charge in [-0.05, 0) is 53.3 Å². The zero-order chi connectivity index (χ0) is 16.1. The maximum Gasteiger partial charge on any atom is 0.125 e. The summed E-state index contributed by atoms with van der Waals surface area (Å²) >= 11 is 0. The number of ether oxygens (including phenoxy) is 1. The van der Waals surface area contributed by atoms with Crippen LogP contribution in [-0.2, 0) is 13.0 Å². The minimum atomic E-state index is 0.610. The van der Waals surface area contributed by atoms with E-state index >= 15 is 0 Å². The molecule has 0 N–H and O–H groups in total. The van der Waals surface area contributed by atoms with E-state index in [-0.39, 0.29) is 0 Å². The van der Waals surface area contributed by atoms with Gasteiger partial charge in [-0.2, -0.15) is 0 Å². The fourth-order valence-corrected chi connectivity index (χ4v) is 2.84. The molecule has 0 aliphatic carbocycles. The summed E-state index contributed by atoms with van der Waals surface area (Å²) in [5.41, 5.74) is 6.16. The minimum Gasteiger partial charge on any atom is -0.488 e. The zero-order valence-electron chi connectivity index (χ0n) is 13.8. The Hall–Kier alpha value is -2.54. The molecule has 0 aliphatic heterocycles. The maximum atomic E-state index is 6.14. The van der Waals surface area contributed by atoms with Crippen molar-refractivity contribution in [2.45, 2.75) is 26.9 Å². The Kier molecular flexibility index (Phi) is 4.77. The third kappa shape index (κ3) is 3.62. The second-order valence-corrected chi connectivity index (χ2v) is 5.78. The number of rotatable bonds is 5. The maximum absolute atomic E-state index is 6.14. The van der Waals surface area contributed by atoms with Gasteiger partial charge < -0.3 is 4.74 Å². The van der Waals surface area contributed by atoms with Crippen molar-refractivity contribution in [3.05, 3.63) is 89.5 Å². The second-order valence-electron chi connectivity index (χ2n) is 5.78. The van der Waals surface area contributed by atoms with Crippen LogP contribution < -0.4 is 4.74 Å². The van der Waals surface area contributed by atoms with Gasteiger partial charge in [0.1, 0.15) is 12.4 Å². The Morgan fingerprint density at radius 1 is 0.783 bits per heavy atom. The normalized spacial score (nSPS) is 10.5. The quantitative estimate of drug-likeness (QED) is 0.578. The van der Waals surface area contributed by atoms with Gasteiger partial charge in [0.15, 0.2) is 0 Å². The molecule has 116 valence electrons. The van der Waals surface area contributed by atoms with Crippen LogP contribution in [0.3, 0.4) is 0 Å². The Bertz CT molecular complexity index is 761. The van der Waals surface area contributed by atoms with Crippen molar-refractivity contribution >= 4 is 0 Å². The largest absolute Gasteiger partial charge is 0.488 e. The predicted molar refractivity (Wildman–Crippen MR) is 96.8 cm³/mol. The van der Waals surface area contributed by atoms with E-state index in [0.29, 0.717) is 6.61 Å². The van der Waals surface area contributed by atoms with Crippen molar-refractivity contribution in [1.29, 1.82) is 0 Å². The fourth-order valence-electron chi connectivity index (χ4n) is 2.84. The molecule has 3 aromatic carbocycles. The van der Waals surface area contributed by atoms with Gasteiger partial charge in [-0.25, -0.2) is 0 Å². The zero-order valence-corrected chi connectivity index (χ0v) is 13.8. The summed E-state index contributed by atoms with van der Waals surface area (Å²) < 4.78 is 6.14. The van der Waals surface area contributed by atoms with Gasteiger partial charge in [-0.1, -0.05) is 67.6 Å². The molecule has 3 rings (SSSR count). The summed E-state index contributed by atoms with van der Waals surface area (Å²) in [5, 5.41) is 0. The molecule has 0 aromatic heterocycles. The van der Waals surface area contributed by atoms with E-state index in [2.05, 4.69) is 68.4 Å². The highest BCUT2D eigenvalue weighted by atomic mass is 16.5. The molecule has 0 bridgehead atoms. The molecule has 0 saturated heterocycles. The lowest BCUT2D eigenvalue weighted by molar-refractivity contribution is 0.301. The van der Waals surface area contributed by atoms with Crippen LogP contribution in [0, 0.1) is 6.92 Å². The molecular formula is C22H22O. The lowest BCUT2D eigenvalue weighted by Gasteiger charge is -2.16. The van der Waals surface area contributed by atoms with E-state index in [1.807, 2.05) is 18.2 Å². The number of hydrogen-bond donors (Lipinski definition) is 0. The van der Waals surface area contributed by atoms with Crippen molar-refractivity contribution in [3.63, 3.8) is 0 Å². The van der Waals surface area contributed by atoms with Crippen LogP contribution in [-0.4, -0.2) is 0 Å². The highest BCUT2D eigenvalue weighted by molar-refractivity contribution is 5.67. The summed E-state index contributed by atoms with van der Waals surface area (Å²) in [4.78, 5) is 0. The highest BCUT2D eigenvalue weighted by Crippen LogP contribution is 2.31. The standard InChI is InChI=1S/C22H22O/c1-3-19-15-21(20-12-8-5-9-13-20)14-17(2)22(19)23-16-18-10-6-4-7-11-18/h4-15H,3,16H2,1-2H3. The third-order valence-electron chi connectivity index (χ3n) is 4.07. The highest BCUT2D eigenvalue weighted by Gasteiger charge is 2.10. The van der Waals surface area contributed by atoms with Gasteiger partial charge in [0.25, 0.3) is 0 Å². The number of hydrogen-bond acceptors (Lipinski definition) is 1. The van der Waals surface area contributed by atoms with Crippen LogP contribution in [0.25, 0.3) is 11.1 Å². The molecule has 0 amide bonds. The molecular weight excluding hydrogens is 280 g/mol. The average Bonchev–Trinajstić information content (AvgIpc) is 2.61. The van der Waals surface area contributed by atoms with Crippen molar-refractivity contribution in [1.82, 2.24) is 0 Å². The van der Waals surface area contributed by atoms with Gasteiger partial charge in [0, 0.05) is 0 Å². The topological polar surface area (TPSA) is 9.23 Å². The monoisotopic (exact) mass is 302 g/mol. The summed E-state index contributed by atoms with van der Waals surface area (Å²) in [6.45, 7) is 4.92. The second kappa shape index (κ2) is 7.15. The summed E-state index contributed by atoms with van der Waals surface area (Å²) in [6.07, 6.45) is 0.964. The molecule has 1 heteroatoms. The molecule has 0 unspecified atom stereocenters. The number of aryl methyl sites for hydroxylation is 2. The summed E-state index contributed by atoms with van der Waals surface area (Å²) in [7, 11) is 0. The molecule has 1 nitrogen and oxygen atoms in total. The molecule has 23 heavy (non-hydrogen) atoms. The molecule has 0 atom stereocenters. The first kappa shape index (κ1) is 15.4. The lowest BCUT2D eigenvalue weighted by atomic mass is 9.98. The van der Waals surface area contributed by atoms with Crippen LogP contribution in [0.5, 0.6) is 5.75 Å². The van der Waals surface area contributed by atoms with Crippen LogP contribution in [0.2, 0.25) is 0 Å². The molecule has 3 aromatic rings. The molecule has 0 aliphatic rings. The first-order chi connectivity index (χ1) is 11.3. The van der Waals surface area contributed by atoms with E-state index < -0.39 is 0 Å². The van der Waals surface area contributed by atoms with E-state index in [4.69, 9.17) is 4.74 Å². The molecule has 0 spiro atoms. The van der Waals surface area contributed by atoms with E-state index in [1.165, 1.54) is 27.8 Å². The Morgan fingerprint density at radius 3 is 2.09 bits per heavy atom. The van der Waals surface area contributed by atoms with Gasteiger partial charge in [0.05, 0.1) is 0 Å². The number of benzene rings is 3. The first-order valence-electron chi connectivity index (χ1n) is 8.13. The molecule has 0 heterocycles. The lowest BCUT2D eigenvalue weighted by Crippen LogP contribution is -2.01. The molecule has 0 fully saturated rings. The van der Waals surface area contributed by atoms with Gasteiger partial charge >= 0.3 is 0 Å². The van der Waals surface area contributed by atoms with Crippen molar-refractivity contribution in [2.75, 3.05) is 0 Å². The molecule has 0 saturated carbocycles. The van der Waals surface area contributed by atoms with Crippen LogP contribution in [0.1, 0.15) is 23.6 Å². The smallest absolute Gasteiger partial charge is 0.125 e. The Labute approximate surface area is 138 Å². The molecule has 0 radical (unpaired) electrons. The van der Waals surface area contributed by atoms with Gasteiger partial charge in [-0.3, -0.25) is 0 Å². The SMILES string of the molecule is CCc1cc(-c2ccccc2)cc(C)c1OCc1ccccc1. The average molecular weight is 302 g/mol. The Morgan fingerprint density at radius 2 is 1.43 bits per heavy atom. The van der Waals surface area contributed by atoms with Gasteiger partial charge in [-0.15, -0.1) is 0 Å². The van der Waals surface area contributed by atoms with E-state index in [9.17, 15) is 0 Å². The van der Waals surface area contributed by atoms with E-state index in [0.717, 1.165) is 12.2 Å². The van der Waals surface area contributed by atoms with Crippen molar-refractivity contribution in [3.8, 4) is 16.9 Å². The van der Waals surface area contributed by atoms with Crippen molar-refractivity contribution < 1.29 is 4.74 Å². The summed E-state index contributed by atoms with van der Waals surface area (Å²) in [5.74, 6) is 1.02. The third-order valence-corrected chi connectivity index (χ3v) is 4.07.